The van der Waals surface area contributed by atoms with Crippen LogP contribution in [0.3, 0.4) is 0 Å². The fraction of sp³-hybridized carbons (Fsp3) is 0.286. The maximum Gasteiger partial charge on any atom is 0.277 e. The molecule has 0 aliphatic heterocycles. The first-order chi connectivity index (χ1) is 9.52. The van der Waals surface area contributed by atoms with Crippen molar-refractivity contribution in [1.29, 1.82) is 0 Å². The number of hydrogen-bond donors (Lipinski definition) is 1. The summed E-state index contributed by atoms with van der Waals surface area (Å²) in [6.45, 7) is 4.33. The summed E-state index contributed by atoms with van der Waals surface area (Å²) in [7, 11) is 1.74. The number of nitrogens with zero attached hydrogens (tertiary/aromatic N) is 2. The quantitative estimate of drug-likeness (QED) is 0.942. The molecule has 0 aliphatic rings. The highest BCUT2D eigenvalue weighted by Gasteiger charge is 2.18. The number of amides is 1. The van der Waals surface area contributed by atoms with Crippen molar-refractivity contribution in [2.45, 2.75) is 13.8 Å². The van der Waals surface area contributed by atoms with Crippen molar-refractivity contribution in [3.8, 4) is 5.75 Å². The van der Waals surface area contributed by atoms with Crippen molar-refractivity contribution in [2.24, 2.45) is 7.05 Å². The lowest BCUT2D eigenvalue weighted by molar-refractivity contribution is 0.102. The van der Waals surface area contributed by atoms with Crippen LogP contribution in [0.1, 0.15) is 23.1 Å². The van der Waals surface area contributed by atoms with E-state index in [2.05, 4.69) is 10.4 Å². The van der Waals surface area contributed by atoms with Crippen molar-refractivity contribution in [1.82, 2.24) is 9.78 Å². The minimum Gasteiger partial charge on any atom is -0.494 e. The molecular formula is C14H16ClN3O2. The summed E-state index contributed by atoms with van der Waals surface area (Å²) >= 11 is 6.08. The molecule has 0 radical (unpaired) electrons. The molecule has 1 aromatic carbocycles. The summed E-state index contributed by atoms with van der Waals surface area (Å²) in [5, 5.41) is 7.23. The lowest BCUT2D eigenvalue weighted by Crippen LogP contribution is -2.13. The molecule has 0 bridgehead atoms. The van der Waals surface area contributed by atoms with Gasteiger partial charge in [-0.05, 0) is 38.1 Å². The van der Waals surface area contributed by atoms with Crippen LogP contribution in [0.4, 0.5) is 5.69 Å². The second-order valence-corrected chi connectivity index (χ2v) is 4.66. The van der Waals surface area contributed by atoms with Gasteiger partial charge in [0.2, 0.25) is 0 Å². The minimum atomic E-state index is -0.331. The Labute approximate surface area is 122 Å². The number of nitrogens with one attached hydrogen (secondary N) is 1. The first-order valence-corrected chi connectivity index (χ1v) is 6.64. The Balaban J connectivity index is 2.13. The molecule has 0 spiro atoms. The summed E-state index contributed by atoms with van der Waals surface area (Å²) in [4.78, 5) is 12.1. The van der Waals surface area contributed by atoms with Crippen LogP contribution < -0.4 is 10.1 Å². The number of ether oxygens (including phenoxy) is 1. The van der Waals surface area contributed by atoms with Crippen LogP contribution in [0.5, 0.6) is 5.75 Å². The molecule has 1 N–H and O–H groups in total. The van der Waals surface area contributed by atoms with E-state index in [1.54, 1.807) is 36.0 Å². The molecule has 20 heavy (non-hydrogen) atoms. The number of carbonyl (C=O) groups excluding carboxylic acids is 1. The summed E-state index contributed by atoms with van der Waals surface area (Å²) in [6.07, 6.45) is 0. The Morgan fingerprint density at radius 3 is 2.55 bits per heavy atom. The first-order valence-electron chi connectivity index (χ1n) is 6.26. The van der Waals surface area contributed by atoms with E-state index in [-0.39, 0.29) is 11.6 Å². The Morgan fingerprint density at radius 1 is 1.40 bits per heavy atom. The van der Waals surface area contributed by atoms with E-state index < -0.39 is 0 Å². The summed E-state index contributed by atoms with van der Waals surface area (Å²) in [6, 6.07) is 7.13. The fourth-order valence-electron chi connectivity index (χ4n) is 1.72. The van der Waals surface area contributed by atoms with Crippen molar-refractivity contribution in [2.75, 3.05) is 11.9 Å². The van der Waals surface area contributed by atoms with Gasteiger partial charge in [-0.25, -0.2) is 0 Å². The molecule has 0 unspecified atom stereocenters. The molecule has 0 atom stereocenters. The van der Waals surface area contributed by atoms with E-state index in [1.165, 1.54) is 0 Å². The molecule has 6 heteroatoms. The average molecular weight is 294 g/mol. The van der Waals surface area contributed by atoms with Gasteiger partial charge in [0.15, 0.2) is 5.69 Å². The molecule has 1 heterocycles. The lowest BCUT2D eigenvalue weighted by atomic mass is 10.3. The Bertz CT molecular complexity index is 620. The van der Waals surface area contributed by atoms with Crippen LogP contribution in [-0.4, -0.2) is 22.3 Å². The number of anilines is 1. The zero-order chi connectivity index (χ0) is 14.7. The van der Waals surface area contributed by atoms with E-state index in [9.17, 15) is 4.79 Å². The van der Waals surface area contributed by atoms with Gasteiger partial charge >= 0.3 is 0 Å². The van der Waals surface area contributed by atoms with Crippen molar-refractivity contribution in [3.63, 3.8) is 0 Å². The van der Waals surface area contributed by atoms with Crippen LogP contribution in [0.2, 0.25) is 5.02 Å². The highest BCUT2D eigenvalue weighted by Crippen LogP contribution is 2.21. The summed E-state index contributed by atoms with van der Waals surface area (Å²) < 4.78 is 6.92. The molecule has 0 saturated carbocycles. The smallest absolute Gasteiger partial charge is 0.277 e. The number of benzene rings is 1. The highest BCUT2D eigenvalue weighted by atomic mass is 35.5. The molecule has 106 valence electrons. The third kappa shape index (κ3) is 2.93. The normalized spacial score (nSPS) is 10.4. The summed E-state index contributed by atoms with van der Waals surface area (Å²) in [5.41, 5.74) is 1.64. The van der Waals surface area contributed by atoms with Gasteiger partial charge in [-0.15, -0.1) is 0 Å². The molecule has 1 amide bonds. The number of hydrogen-bond acceptors (Lipinski definition) is 3. The maximum atomic E-state index is 12.1. The molecule has 0 saturated heterocycles. The highest BCUT2D eigenvalue weighted by molar-refractivity contribution is 6.34. The van der Waals surface area contributed by atoms with Crippen LogP contribution in [0.25, 0.3) is 0 Å². The predicted octanol–water partition coefficient (Wildman–Crippen LogP) is 3.03. The van der Waals surface area contributed by atoms with Crippen molar-refractivity contribution in [3.05, 3.63) is 40.7 Å². The monoisotopic (exact) mass is 293 g/mol. The van der Waals surface area contributed by atoms with E-state index in [4.69, 9.17) is 16.3 Å². The zero-order valence-corrected chi connectivity index (χ0v) is 12.4. The van der Waals surface area contributed by atoms with Crippen LogP contribution in [0.15, 0.2) is 24.3 Å². The van der Waals surface area contributed by atoms with Gasteiger partial charge in [0.05, 0.1) is 17.3 Å². The molecule has 2 rings (SSSR count). The molecule has 2 aromatic rings. The standard InChI is InChI=1S/C14H16ClN3O2/c1-4-20-11-7-5-10(6-8-11)16-14(19)13-12(15)9(2)18(3)17-13/h5-8H,4H2,1-3H3,(H,16,19). The van der Waals surface area contributed by atoms with Gasteiger partial charge in [0.25, 0.3) is 5.91 Å². The molecule has 0 fully saturated rings. The Morgan fingerprint density at radius 2 is 2.05 bits per heavy atom. The Hall–Kier alpha value is -2.01. The molecule has 0 aliphatic carbocycles. The van der Waals surface area contributed by atoms with Gasteiger partial charge in [0, 0.05) is 12.7 Å². The second-order valence-electron chi connectivity index (χ2n) is 4.28. The zero-order valence-electron chi connectivity index (χ0n) is 11.6. The summed E-state index contributed by atoms with van der Waals surface area (Å²) in [5.74, 6) is 0.431. The SMILES string of the molecule is CCOc1ccc(NC(=O)c2nn(C)c(C)c2Cl)cc1. The topological polar surface area (TPSA) is 56.1 Å². The number of carbonyl (C=O) groups is 1. The molecule has 5 nitrogen and oxygen atoms in total. The maximum absolute atomic E-state index is 12.1. The predicted molar refractivity (Wildman–Crippen MR) is 78.5 cm³/mol. The lowest BCUT2D eigenvalue weighted by Gasteiger charge is -2.06. The van der Waals surface area contributed by atoms with Crippen LogP contribution >= 0.6 is 11.6 Å². The minimum absolute atomic E-state index is 0.223. The largest absolute Gasteiger partial charge is 0.494 e. The molecule has 1 aromatic heterocycles. The van der Waals surface area contributed by atoms with Gasteiger partial charge in [-0.2, -0.15) is 5.10 Å². The van der Waals surface area contributed by atoms with Crippen LogP contribution in [-0.2, 0) is 7.05 Å². The van der Waals surface area contributed by atoms with E-state index in [1.807, 2.05) is 13.8 Å². The fourth-order valence-corrected chi connectivity index (χ4v) is 1.96. The number of rotatable bonds is 4. The van der Waals surface area contributed by atoms with Crippen molar-refractivity contribution >= 4 is 23.2 Å². The number of aromatic nitrogens is 2. The van der Waals surface area contributed by atoms with Gasteiger partial charge < -0.3 is 10.1 Å². The first kappa shape index (κ1) is 14.4. The third-order valence-electron chi connectivity index (χ3n) is 2.90. The number of aryl methyl sites for hydroxylation is 1. The Kier molecular flexibility index (Phi) is 4.29. The molecular weight excluding hydrogens is 278 g/mol. The van der Waals surface area contributed by atoms with E-state index >= 15 is 0 Å². The van der Waals surface area contributed by atoms with E-state index in [0.717, 1.165) is 11.4 Å². The van der Waals surface area contributed by atoms with Gasteiger partial charge in [-0.3, -0.25) is 9.48 Å². The number of halogens is 1. The van der Waals surface area contributed by atoms with Crippen molar-refractivity contribution < 1.29 is 9.53 Å². The average Bonchev–Trinajstić information content (AvgIpc) is 2.69. The van der Waals surface area contributed by atoms with Gasteiger partial charge in [0.1, 0.15) is 5.75 Å². The third-order valence-corrected chi connectivity index (χ3v) is 3.35. The van der Waals surface area contributed by atoms with Crippen LogP contribution in [0, 0.1) is 6.92 Å². The van der Waals surface area contributed by atoms with E-state index in [0.29, 0.717) is 17.3 Å². The second kappa shape index (κ2) is 5.96. The van der Waals surface area contributed by atoms with Gasteiger partial charge in [-0.1, -0.05) is 11.6 Å².